The highest BCUT2D eigenvalue weighted by atomic mass is 32.2. The van der Waals surface area contributed by atoms with Crippen molar-refractivity contribution in [3.05, 3.63) is 0 Å². The average molecular weight is 220 g/mol. The standard InChI is InChI=1S/C8H12O5S/c1-5(9)14-4-6(8(12)13)2-3-7(10)11/h6H,2-4H2,1H3,(H,10,11)(H,12,13). The van der Waals surface area contributed by atoms with E-state index in [1.807, 2.05) is 0 Å². The minimum absolute atomic E-state index is 0.0605. The van der Waals surface area contributed by atoms with Crippen molar-refractivity contribution in [3.63, 3.8) is 0 Å². The van der Waals surface area contributed by atoms with Crippen molar-refractivity contribution in [2.75, 3.05) is 5.75 Å². The van der Waals surface area contributed by atoms with Crippen molar-refractivity contribution in [3.8, 4) is 0 Å². The summed E-state index contributed by atoms with van der Waals surface area (Å²) in [4.78, 5) is 31.4. The third kappa shape index (κ3) is 6.47. The summed E-state index contributed by atoms with van der Waals surface area (Å²) in [6.07, 6.45) is -0.125. The molecule has 0 heterocycles. The monoisotopic (exact) mass is 220 g/mol. The maximum Gasteiger partial charge on any atom is 0.307 e. The van der Waals surface area contributed by atoms with Crippen LogP contribution in [0.2, 0.25) is 0 Å². The van der Waals surface area contributed by atoms with Gasteiger partial charge >= 0.3 is 11.9 Å². The maximum absolute atomic E-state index is 10.6. The molecule has 1 unspecified atom stereocenters. The van der Waals surface area contributed by atoms with Gasteiger partial charge < -0.3 is 10.2 Å². The molecule has 2 N–H and O–H groups in total. The SMILES string of the molecule is CC(=O)SCC(CCC(=O)O)C(=O)O. The van der Waals surface area contributed by atoms with E-state index in [0.29, 0.717) is 0 Å². The van der Waals surface area contributed by atoms with Crippen LogP contribution in [0.15, 0.2) is 0 Å². The van der Waals surface area contributed by atoms with Crippen molar-refractivity contribution in [2.24, 2.45) is 5.92 Å². The van der Waals surface area contributed by atoms with Crippen LogP contribution < -0.4 is 0 Å². The second-order valence-corrected chi connectivity index (χ2v) is 3.97. The molecule has 0 aliphatic carbocycles. The van der Waals surface area contributed by atoms with Crippen LogP contribution in [-0.2, 0) is 14.4 Å². The Hall–Kier alpha value is -1.04. The first-order chi connectivity index (χ1) is 6.43. The first-order valence-electron chi connectivity index (χ1n) is 4.01. The summed E-state index contributed by atoms with van der Waals surface area (Å²) in [6, 6.07) is 0. The van der Waals surface area contributed by atoms with Crippen LogP contribution in [-0.4, -0.2) is 33.0 Å². The normalized spacial score (nSPS) is 12.1. The molecule has 80 valence electrons. The van der Waals surface area contributed by atoms with Gasteiger partial charge in [-0.25, -0.2) is 0 Å². The van der Waals surface area contributed by atoms with E-state index in [1.54, 1.807) is 0 Å². The van der Waals surface area contributed by atoms with Crippen LogP contribution in [0.1, 0.15) is 19.8 Å². The summed E-state index contributed by atoms with van der Waals surface area (Å²) in [5.74, 6) is -2.71. The van der Waals surface area contributed by atoms with Crippen LogP contribution in [0.25, 0.3) is 0 Å². The molecule has 0 spiro atoms. The fourth-order valence-corrected chi connectivity index (χ4v) is 1.54. The van der Waals surface area contributed by atoms with E-state index in [2.05, 4.69) is 0 Å². The summed E-state index contributed by atoms with van der Waals surface area (Å²) >= 11 is 0.907. The second kappa shape index (κ2) is 6.42. The Morgan fingerprint density at radius 2 is 1.86 bits per heavy atom. The maximum atomic E-state index is 10.6. The minimum Gasteiger partial charge on any atom is -0.481 e. The van der Waals surface area contributed by atoms with E-state index in [0.717, 1.165) is 11.8 Å². The average Bonchev–Trinajstić information content (AvgIpc) is 2.02. The number of carbonyl (C=O) groups excluding carboxylic acids is 1. The molecule has 0 aliphatic rings. The van der Waals surface area contributed by atoms with Crippen molar-refractivity contribution < 1.29 is 24.6 Å². The summed E-state index contributed by atoms with van der Waals surface area (Å²) in [5, 5.41) is 16.9. The van der Waals surface area contributed by atoms with Gasteiger partial charge in [-0.05, 0) is 6.42 Å². The Morgan fingerprint density at radius 1 is 1.29 bits per heavy atom. The van der Waals surface area contributed by atoms with Crippen molar-refractivity contribution in [1.29, 1.82) is 0 Å². The van der Waals surface area contributed by atoms with Gasteiger partial charge in [0.25, 0.3) is 0 Å². The van der Waals surface area contributed by atoms with Gasteiger partial charge in [0.2, 0.25) is 0 Å². The molecule has 0 rings (SSSR count). The highest BCUT2D eigenvalue weighted by Crippen LogP contribution is 2.15. The van der Waals surface area contributed by atoms with E-state index in [1.165, 1.54) is 6.92 Å². The lowest BCUT2D eigenvalue weighted by Crippen LogP contribution is -2.18. The molecule has 0 bridgehead atoms. The van der Waals surface area contributed by atoms with Crippen LogP contribution in [0, 0.1) is 5.92 Å². The lowest BCUT2D eigenvalue weighted by atomic mass is 10.1. The molecular weight excluding hydrogens is 208 g/mol. The van der Waals surface area contributed by atoms with Crippen LogP contribution >= 0.6 is 11.8 Å². The molecule has 0 aliphatic heterocycles. The molecule has 0 radical (unpaired) electrons. The topological polar surface area (TPSA) is 91.7 Å². The van der Waals surface area contributed by atoms with Crippen LogP contribution in [0.3, 0.4) is 0 Å². The Labute approximate surface area is 85.5 Å². The van der Waals surface area contributed by atoms with Gasteiger partial charge in [-0.1, -0.05) is 11.8 Å². The van der Waals surface area contributed by atoms with E-state index in [4.69, 9.17) is 10.2 Å². The Bertz CT molecular complexity index is 220. The molecule has 0 aromatic rings. The van der Waals surface area contributed by atoms with Crippen molar-refractivity contribution in [1.82, 2.24) is 0 Å². The molecule has 0 amide bonds. The Kier molecular flexibility index (Phi) is 5.94. The number of carboxylic acids is 2. The fraction of sp³-hybridized carbons (Fsp3) is 0.625. The molecule has 0 saturated carbocycles. The number of aliphatic carboxylic acids is 2. The van der Waals surface area contributed by atoms with Gasteiger partial charge in [-0.15, -0.1) is 0 Å². The number of carboxylic acid groups (broad SMARTS) is 2. The third-order valence-corrected chi connectivity index (χ3v) is 2.52. The zero-order valence-electron chi connectivity index (χ0n) is 7.73. The molecule has 1 atom stereocenters. The van der Waals surface area contributed by atoms with Gasteiger partial charge in [-0.2, -0.15) is 0 Å². The van der Waals surface area contributed by atoms with Crippen molar-refractivity contribution in [2.45, 2.75) is 19.8 Å². The van der Waals surface area contributed by atoms with E-state index in [9.17, 15) is 14.4 Å². The van der Waals surface area contributed by atoms with Gasteiger partial charge in [0.05, 0.1) is 5.92 Å². The summed E-state index contributed by atoms with van der Waals surface area (Å²) < 4.78 is 0. The Morgan fingerprint density at radius 3 is 2.21 bits per heavy atom. The highest BCUT2D eigenvalue weighted by Gasteiger charge is 2.19. The minimum atomic E-state index is -1.06. The second-order valence-electron chi connectivity index (χ2n) is 2.77. The molecule has 0 fully saturated rings. The summed E-state index contributed by atoms with van der Waals surface area (Å²) in [5.41, 5.74) is 0. The van der Waals surface area contributed by atoms with Gasteiger partial charge in [0, 0.05) is 19.1 Å². The number of thioether (sulfide) groups is 1. The van der Waals surface area contributed by atoms with Gasteiger partial charge in [0.1, 0.15) is 0 Å². The first kappa shape index (κ1) is 13.0. The smallest absolute Gasteiger partial charge is 0.307 e. The zero-order valence-corrected chi connectivity index (χ0v) is 8.54. The zero-order chi connectivity index (χ0) is 11.1. The lowest BCUT2D eigenvalue weighted by Gasteiger charge is -2.08. The molecule has 0 aromatic carbocycles. The third-order valence-electron chi connectivity index (χ3n) is 1.54. The summed E-state index contributed by atoms with van der Waals surface area (Å²) in [6.45, 7) is 1.35. The number of hydrogen-bond donors (Lipinski definition) is 2. The van der Waals surface area contributed by atoms with E-state index < -0.39 is 17.9 Å². The van der Waals surface area contributed by atoms with E-state index in [-0.39, 0.29) is 23.7 Å². The Balaban J connectivity index is 3.96. The predicted octanol–water partition coefficient (Wildman–Crippen LogP) is 0.832. The molecule has 0 saturated heterocycles. The predicted molar refractivity (Wildman–Crippen MR) is 51.1 cm³/mol. The fourth-order valence-electron chi connectivity index (χ4n) is 0.794. The quantitative estimate of drug-likeness (QED) is 0.689. The lowest BCUT2D eigenvalue weighted by molar-refractivity contribution is -0.142. The molecular formula is C8H12O5S. The first-order valence-corrected chi connectivity index (χ1v) is 5.00. The largest absolute Gasteiger partial charge is 0.481 e. The highest BCUT2D eigenvalue weighted by molar-refractivity contribution is 8.13. The van der Waals surface area contributed by atoms with E-state index >= 15 is 0 Å². The van der Waals surface area contributed by atoms with Crippen molar-refractivity contribution >= 4 is 28.8 Å². The molecule has 5 nitrogen and oxygen atoms in total. The number of rotatable bonds is 6. The number of carbonyl (C=O) groups is 3. The molecule has 14 heavy (non-hydrogen) atoms. The summed E-state index contributed by atoms with van der Waals surface area (Å²) in [7, 11) is 0. The number of hydrogen-bond acceptors (Lipinski definition) is 4. The molecule has 6 heteroatoms. The van der Waals surface area contributed by atoms with Gasteiger partial charge in [0.15, 0.2) is 5.12 Å². The van der Waals surface area contributed by atoms with Gasteiger partial charge in [-0.3, -0.25) is 14.4 Å². The van der Waals surface area contributed by atoms with Crippen LogP contribution in [0.4, 0.5) is 0 Å². The van der Waals surface area contributed by atoms with Crippen LogP contribution in [0.5, 0.6) is 0 Å². The molecule has 0 aromatic heterocycles.